The zero-order chi connectivity index (χ0) is 13.8. The average molecular weight is 260 g/mol. The van der Waals surface area contributed by atoms with Crippen LogP contribution in [0.3, 0.4) is 0 Å². The van der Waals surface area contributed by atoms with Gasteiger partial charge in [-0.1, -0.05) is 18.2 Å². The molecule has 0 aliphatic heterocycles. The number of hydrogen-bond acceptors (Lipinski definition) is 3. The first-order chi connectivity index (χ1) is 9.17. The predicted molar refractivity (Wildman–Crippen MR) is 76.1 cm³/mol. The minimum absolute atomic E-state index is 0.148. The van der Waals surface area contributed by atoms with Gasteiger partial charge in [-0.25, -0.2) is 0 Å². The molecule has 1 atom stereocenters. The van der Waals surface area contributed by atoms with Crippen LogP contribution < -0.4 is 5.32 Å². The molecule has 0 fully saturated rings. The predicted octanol–water partition coefficient (Wildman–Crippen LogP) is 2.69. The highest BCUT2D eigenvalue weighted by Gasteiger charge is 2.18. The third-order valence-electron chi connectivity index (χ3n) is 3.51. The average Bonchev–Trinajstić information content (AvgIpc) is 2.76. The summed E-state index contributed by atoms with van der Waals surface area (Å²) in [6.45, 7) is 2.07. The highest BCUT2D eigenvalue weighted by atomic mass is 16.5. The molecule has 2 aromatic rings. The number of methoxy groups -OCH3 is 1. The highest BCUT2D eigenvalue weighted by molar-refractivity contribution is 5.85. The number of para-hydroxylation sites is 1. The largest absolute Gasteiger partial charge is 0.469 e. The van der Waals surface area contributed by atoms with Gasteiger partial charge in [0, 0.05) is 29.1 Å². The van der Waals surface area contributed by atoms with E-state index in [9.17, 15) is 4.79 Å². The molecule has 1 unspecified atom stereocenters. The van der Waals surface area contributed by atoms with Crippen LogP contribution in [0.25, 0.3) is 10.9 Å². The van der Waals surface area contributed by atoms with E-state index in [0.717, 1.165) is 17.6 Å². The van der Waals surface area contributed by atoms with E-state index < -0.39 is 0 Å². The first-order valence-corrected chi connectivity index (χ1v) is 6.48. The van der Waals surface area contributed by atoms with Crippen LogP contribution in [0.1, 0.15) is 30.1 Å². The van der Waals surface area contributed by atoms with Crippen molar-refractivity contribution >= 4 is 16.9 Å². The van der Waals surface area contributed by atoms with Crippen molar-refractivity contribution in [3.8, 4) is 0 Å². The number of aromatic amines is 1. The van der Waals surface area contributed by atoms with Gasteiger partial charge in [-0.2, -0.15) is 0 Å². The van der Waals surface area contributed by atoms with Crippen molar-refractivity contribution in [1.29, 1.82) is 0 Å². The van der Waals surface area contributed by atoms with E-state index >= 15 is 0 Å². The molecule has 0 spiro atoms. The summed E-state index contributed by atoms with van der Waals surface area (Å²) in [6, 6.07) is 8.38. The van der Waals surface area contributed by atoms with E-state index in [2.05, 4.69) is 29.4 Å². The van der Waals surface area contributed by atoms with Gasteiger partial charge < -0.3 is 15.0 Å². The molecular weight excluding hydrogens is 240 g/mol. The Morgan fingerprint density at radius 2 is 2.16 bits per heavy atom. The SMILES string of the molecule is CNC(CCC(=O)OC)c1c(C)[nH]c2ccccc12. The Kier molecular flexibility index (Phi) is 4.22. The molecule has 2 N–H and O–H groups in total. The van der Waals surface area contributed by atoms with Gasteiger partial charge in [-0.15, -0.1) is 0 Å². The zero-order valence-electron chi connectivity index (χ0n) is 11.6. The lowest BCUT2D eigenvalue weighted by Gasteiger charge is -2.16. The van der Waals surface area contributed by atoms with E-state index in [-0.39, 0.29) is 12.0 Å². The van der Waals surface area contributed by atoms with Crippen molar-refractivity contribution in [3.63, 3.8) is 0 Å². The number of ether oxygens (including phenoxy) is 1. The molecular formula is C15H20N2O2. The molecule has 1 aromatic carbocycles. The van der Waals surface area contributed by atoms with Crippen molar-refractivity contribution in [2.24, 2.45) is 0 Å². The molecule has 2 rings (SSSR count). The van der Waals surface area contributed by atoms with Gasteiger partial charge >= 0.3 is 5.97 Å². The number of fused-ring (bicyclic) bond motifs is 1. The van der Waals surface area contributed by atoms with Crippen molar-refractivity contribution < 1.29 is 9.53 Å². The quantitative estimate of drug-likeness (QED) is 0.813. The lowest BCUT2D eigenvalue weighted by Crippen LogP contribution is -2.18. The fourth-order valence-corrected chi connectivity index (χ4v) is 2.54. The normalized spacial score (nSPS) is 12.6. The minimum atomic E-state index is -0.169. The first kappa shape index (κ1) is 13.6. The number of rotatable bonds is 5. The summed E-state index contributed by atoms with van der Waals surface area (Å²) < 4.78 is 4.71. The summed E-state index contributed by atoms with van der Waals surface area (Å²) in [5, 5.41) is 4.50. The van der Waals surface area contributed by atoms with Crippen molar-refractivity contribution in [2.75, 3.05) is 14.2 Å². The smallest absolute Gasteiger partial charge is 0.305 e. The number of hydrogen-bond donors (Lipinski definition) is 2. The Bertz CT molecular complexity index is 575. The Hall–Kier alpha value is -1.81. The van der Waals surface area contributed by atoms with Gasteiger partial charge in [0.1, 0.15) is 0 Å². The van der Waals surface area contributed by atoms with Gasteiger partial charge in [0.25, 0.3) is 0 Å². The van der Waals surface area contributed by atoms with Crippen LogP contribution in [0.15, 0.2) is 24.3 Å². The van der Waals surface area contributed by atoms with Crippen LogP contribution >= 0.6 is 0 Å². The van der Waals surface area contributed by atoms with E-state index in [1.54, 1.807) is 0 Å². The third kappa shape index (κ3) is 2.79. The van der Waals surface area contributed by atoms with Gasteiger partial charge in [0.15, 0.2) is 0 Å². The summed E-state index contributed by atoms with van der Waals surface area (Å²) in [4.78, 5) is 14.7. The maximum absolute atomic E-state index is 11.3. The number of benzene rings is 1. The Morgan fingerprint density at radius 1 is 1.42 bits per heavy atom. The maximum Gasteiger partial charge on any atom is 0.305 e. The second kappa shape index (κ2) is 5.89. The number of aromatic nitrogens is 1. The molecule has 0 amide bonds. The van der Waals surface area contributed by atoms with Crippen LogP contribution in [0.5, 0.6) is 0 Å². The molecule has 0 saturated carbocycles. The van der Waals surface area contributed by atoms with E-state index in [0.29, 0.717) is 6.42 Å². The van der Waals surface area contributed by atoms with Crippen LogP contribution in [-0.2, 0) is 9.53 Å². The molecule has 102 valence electrons. The molecule has 1 heterocycles. The summed E-state index contributed by atoms with van der Waals surface area (Å²) in [6.07, 6.45) is 1.15. The zero-order valence-corrected chi connectivity index (χ0v) is 11.6. The number of carbonyl (C=O) groups is 1. The molecule has 0 aliphatic rings. The van der Waals surface area contributed by atoms with Crippen LogP contribution in [-0.4, -0.2) is 25.1 Å². The fourth-order valence-electron chi connectivity index (χ4n) is 2.54. The Labute approximate surface area is 113 Å². The van der Waals surface area contributed by atoms with E-state index in [1.807, 2.05) is 19.2 Å². The molecule has 0 aliphatic carbocycles. The Balaban J connectivity index is 2.29. The van der Waals surface area contributed by atoms with Gasteiger partial charge in [-0.3, -0.25) is 4.79 Å². The first-order valence-electron chi connectivity index (χ1n) is 6.48. The van der Waals surface area contributed by atoms with Crippen molar-refractivity contribution in [2.45, 2.75) is 25.8 Å². The molecule has 0 bridgehead atoms. The maximum atomic E-state index is 11.3. The molecule has 19 heavy (non-hydrogen) atoms. The Morgan fingerprint density at radius 3 is 2.84 bits per heavy atom. The van der Waals surface area contributed by atoms with Crippen molar-refractivity contribution in [3.05, 3.63) is 35.5 Å². The number of esters is 1. The number of aryl methyl sites for hydroxylation is 1. The van der Waals surface area contributed by atoms with Crippen LogP contribution in [0, 0.1) is 6.92 Å². The van der Waals surface area contributed by atoms with Crippen molar-refractivity contribution in [1.82, 2.24) is 10.3 Å². The summed E-state index contributed by atoms with van der Waals surface area (Å²) in [5.41, 5.74) is 3.51. The van der Waals surface area contributed by atoms with E-state index in [1.165, 1.54) is 18.1 Å². The molecule has 1 aromatic heterocycles. The van der Waals surface area contributed by atoms with Crippen LogP contribution in [0.2, 0.25) is 0 Å². The molecule has 4 heteroatoms. The lowest BCUT2D eigenvalue weighted by atomic mass is 9.99. The topological polar surface area (TPSA) is 54.1 Å². The summed E-state index contributed by atoms with van der Waals surface area (Å²) >= 11 is 0. The summed E-state index contributed by atoms with van der Waals surface area (Å²) in [7, 11) is 3.34. The second-order valence-electron chi connectivity index (χ2n) is 4.67. The van der Waals surface area contributed by atoms with E-state index in [4.69, 9.17) is 4.74 Å². The fraction of sp³-hybridized carbons (Fsp3) is 0.400. The second-order valence-corrected chi connectivity index (χ2v) is 4.67. The lowest BCUT2D eigenvalue weighted by molar-refractivity contribution is -0.140. The number of carbonyl (C=O) groups excluding carboxylic acids is 1. The molecule has 0 saturated heterocycles. The number of nitrogens with one attached hydrogen (secondary N) is 2. The van der Waals surface area contributed by atoms with Gasteiger partial charge in [0.05, 0.1) is 7.11 Å². The minimum Gasteiger partial charge on any atom is -0.469 e. The monoisotopic (exact) mass is 260 g/mol. The molecule has 0 radical (unpaired) electrons. The highest BCUT2D eigenvalue weighted by Crippen LogP contribution is 2.30. The van der Waals surface area contributed by atoms with Crippen LogP contribution in [0.4, 0.5) is 0 Å². The van der Waals surface area contributed by atoms with Gasteiger partial charge in [-0.05, 0) is 32.0 Å². The molecule has 4 nitrogen and oxygen atoms in total. The third-order valence-corrected chi connectivity index (χ3v) is 3.51. The standard InChI is InChI=1S/C15H20N2O2/c1-10-15(11-6-4-5-7-12(11)17-10)13(16-2)8-9-14(18)19-3/h4-7,13,16-17H,8-9H2,1-3H3. The summed E-state index contributed by atoms with van der Waals surface area (Å²) in [5.74, 6) is -0.169. The van der Waals surface area contributed by atoms with Gasteiger partial charge in [0.2, 0.25) is 0 Å². The number of H-pyrrole nitrogens is 1.